The highest BCUT2D eigenvalue weighted by atomic mass is 16.5. The second kappa shape index (κ2) is 29.5. The number of ether oxygens (including phenoxy) is 1. The van der Waals surface area contributed by atoms with Crippen LogP contribution in [0.5, 0.6) is 0 Å². The average molecular weight is 583 g/mol. The van der Waals surface area contributed by atoms with Crippen LogP contribution in [0.25, 0.3) is 0 Å². The van der Waals surface area contributed by atoms with Crippen molar-refractivity contribution in [3.63, 3.8) is 0 Å². The lowest BCUT2D eigenvalue weighted by atomic mass is 9.99. The summed E-state index contributed by atoms with van der Waals surface area (Å²) in [6.07, 6.45) is 36.2. The van der Waals surface area contributed by atoms with Gasteiger partial charge in [-0.15, -0.1) is 0 Å². The maximum atomic E-state index is 10.9. The molecule has 0 aliphatic heterocycles. The van der Waals surface area contributed by atoms with Crippen LogP contribution in [0.3, 0.4) is 0 Å². The van der Waals surface area contributed by atoms with E-state index in [-0.39, 0.29) is 6.10 Å². The van der Waals surface area contributed by atoms with Crippen LogP contribution in [0, 0.1) is 0 Å². The third-order valence-corrected chi connectivity index (χ3v) is 9.02. The predicted octanol–water partition coefficient (Wildman–Crippen LogP) is 13.1. The van der Waals surface area contributed by atoms with Crippen molar-refractivity contribution in [2.24, 2.45) is 0 Å². The summed E-state index contributed by atoms with van der Waals surface area (Å²) in [7, 11) is 0. The van der Waals surface area contributed by atoms with E-state index in [1.807, 2.05) is 0 Å². The van der Waals surface area contributed by atoms with Gasteiger partial charge in [0.2, 0.25) is 0 Å². The Balaban J connectivity index is 1.97. The van der Waals surface area contributed by atoms with Crippen LogP contribution < -0.4 is 0 Å². The molecule has 0 aliphatic rings. The average Bonchev–Trinajstić information content (AvgIpc) is 3.00. The van der Waals surface area contributed by atoms with Crippen molar-refractivity contribution in [3.05, 3.63) is 47.5 Å². The second-order valence-electron chi connectivity index (χ2n) is 13.1. The van der Waals surface area contributed by atoms with Gasteiger partial charge in [-0.1, -0.05) is 153 Å². The van der Waals surface area contributed by atoms with E-state index < -0.39 is 0 Å². The second-order valence-corrected chi connectivity index (χ2v) is 13.1. The largest absolute Gasteiger partial charge is 0.465 e. The SMILES string of the molecule is C=C(CCCCCCCC)CCCCCc1ccc(CCCCCCCCCC(CCCCCCCC)OC=O)cc1. The number of unbranched alkanes of at least 4 members (excludes halogenated alkanes) is 18. The molecule has 0 heterocycles. The number of hydrogen-bond donors (Lipinski definition) is 0. The molecular formula is C40H70O2. The third kappa shape index (κ3) is 23.9. The standard InChI is InChI=1S/C40H70O2/c1-4-6-8-10-15-20-26-37(3)27-21-19-23-29-39-34-32-38(33-35-39)28-22-16-13-12-14-18-25-31-40(42-36-41)30-24-17-11-9-7-5-2/h32-36,40H,3-31H2,1-2H3. The van der Waals surface area contributed by atoms with Crippen LogP contribution in [0.15, 0.2) is 36.4 Å². The molecule has 242 valence electrons. The highest BCUT2D eigenvalue weighted by molar-refractivity contribution is 5.37. The minimum absolute atomic E-state index is 0.144. The number of rotatable bonds is 32. The Hall–Kier alpha value is -1.57. The summed E-state index contributed by atoms with van der Waals surface area (Å²) in [5, 5.41) is 0. The van der Waals surface area contributed by atoms with Crippen molar-refractivity contribution in [2.45, 2.75) is 200 Å². The van der Waals surface area contributed by atoms with Gasteiger partial charge in [0.15, 0.2) is 0 Å². The molecule has 1 atom stereocenters. The van der Waals surface area contributed by atoms with Gasteiger partial charge in [0.25, 0.3) is 6.47 Å². The summed E-state index contributed by atoms with van der Waals surface area (Å²) in [5.74, 6) is 0. The van der Waals surface area contributed by atoms with E-state index in [2.05, 4.69) is 44.7 Å². The first-order chi connectivity index (χ1) is 20.7. The number of benzene rings is 1. The fourth-order valence-corrected chi connectivity index (χ4v) is 6.13. The molecule has 0 aromatic heterocycles. The normalized spacial score (nSPS) is 12.0. The van der Waals surface area contributed by atoms with Crippen molar-refractivity contribution in [2.75, 3.05) is 0 Å². The molecule has 1 rings (SSSR count). The molecule has 2 heteroatoms. The van der Waals surface area contributed by atoms with E-state index in [1.165, 1.54) is 184 Å². The minimum Gasteiger partial charge on any atom is -0.465 e. The third-order valence-electron chi connectivity index (χ3n) is 9.02. The molecule has 0 aliphatic carbocycles. The quantitative estimate of drug-likeness (QED) is 0.0480. The van der Waals surface area contributed by atoms with Crippen molar-refractivity contribution in [3.8, 4) is 0 Å². The Labute approximate surface area is 262 Å². The van der Waals surface area contributed by atoms with Crippen molar-refractivity contribution >= 4 is 6.47 Å². The van der Waals surface area contributed by atoms with Gasteiger partial charge in [-0.05, 0) is 88.2 Å². The van der Waals surface area contributed by atoms with Crippen LogP contribution in [0.1, 0.15) is 192 Å². The topological polar surface area (TPSA) is 26.3 Å². The number of carbonyl (C=O) groups is 1. The first kappa shape index (κ1) is 38.5. The fraction of sp³-hybridized carbons (Fsp3) is 0.775. The zero-order valence-electron chi connectivity index (χ0n) is 28.3. The van der Waals surface area contributed by atoms with E-state index in [4.69, 9.17) is 4.74 Å². The Morgan fingerprint density at radius 2 is 0.929 bits per heavy atom. The summed E-state index contributed by atoms with van der Waals surface area (Å²) < 4.78 is 5.35. The van der Waals surface area contributed by atoms with Crippen LogP contribution >= 0.6 is 0 Å². The summed E-state index contributed by atoms with van der Waals surface area (Å²) in [6, 6.07) is 9.45. The molecule has 0 saturated carbocycles. The summed E-state index contributed by atoms with van der Waals surface area (Å²) in [4.78, 5) is 10.9. The van der Waals surface area contributed by atoms with Crippen LogP contribution in [-0.2, 0) is 22.4 Å². The van der Waals surface area contributed by atoms with E-state index >= 15 is 0 Å². The number of carbonyl (C=O) groups excluding carboxylic acids is 1. The van der Waals surface area contributed by atoms with E-state index in [9.17, 15) is 4.79 Å². The number of allylic oxidation sites excluding steroid dienone is 1. The van der Waals surface area contributed by atoms with Gasteiger partial charge in [0, 0.05) is 0 Å². The Kier molecular flexibility index (Phi) is 27.0. The van der Waals surface area contributed by atoms with Crippen LogP contribution in [0.2, 0.25) is 0 Å². The summed E-state index contributed by atoms with van der Waals surface area (Å²) in [6.45, 7) is 9.52. The van der Waals surface area contributed by atoms with Gasteiger partial charge in [0.1, 0.15) is 6.10 Å². The lowest BCUT2D eigenvalue weighted by molar-refractivity contribution is -0.134. The minimum atomic E-state index is 0.144. The highest BCUT2D eigenvalue weighted by Gasteiger charge is 2.09. The monoisotopic (exact) mass is 583 g/mol. The molecule has 0 saturated heterocycles. The lowest BCUT2D eigenvalue weighted by Gasteiger charge is -2.15. The van der Waals surface area contributed by atoms with E-state index in [1.54, 1.807) is 0 Å². The molecule has 0 amide bonds. The Morgan fingerprint density at radius 1 is 0.571 bits per heavy atom. The van der Waals surface area contributed by atoms with Gasteiger partial charge in [-0.25, -0.2) is 0 Å². The molecule has 1 aromatic carbocycles. The molecule has 0 radical (unpaired) electrons. The van der Waals surface area contributed by atoms with Gasteiger partial charge in [0.05, 0.1) is 0 Å². The van der Waals surface area contributed by atoms with Gasteiger partial charge in [-0.2, -0.15) is 0 Å². The molecule has 1 aromatic rings. The maximum absolute atomic E-state index is 10.9. The van der Waals surface area contributed by atoms with Gasteiger partial charge in [-0.3, -0.25) is 4.79 Å². The molecule has 2 nitrogen and oxygen atoms in total. The summed E-state index contributed by atoms with van der Waals surface area (Å²) in [5.41, 5.74) is 4.47. The lowest BCUT2D eigenvalue weighted by Crippen LogP contribution is -2.12. The summed E-state index contributed by atoms with van der Waals surface area (Å²) >= 11 is 0. The van der Waals surface area contributed by atoms with E-state index in [0.29, 0.717) is 6.47 Å². The van der Waals surface area contributed by atoms with Crippen molar-refractivity contribution in [1.29, 1.82) is 0 Å². The fourth-order valence-electron chi connectivity index (χ4n) is 6.13. The molecule has 0 bridgehead atoms. The maximum Gasteiger partial charge on any atom is 0.293 e. The molecule has 42 heavy (non-hydrogen) atoms. The number of aryl methyl sites for hydroxylation is 2. The van der Waals surface area contributed by atoms with Crippen molar-refractivity contribution < 1.29 is 9.53 Å². The van der Waals surface area contributed by atoms with Crippen LogP contribution in [0.4, 0.5) is 0 Å². The molecule has 0 N–H and O–H groups in total. The molecule has 0 spiro atoms. The highest BCUT2D eigenvalue weighted by Crippen LogP contribution is 2.19. The van der Waals surface area contributed by atoms with E-state index in [0.717, 1.165) is 12.8 Å². The zero-order chi connectivity index (χ0) is 30.4. The molecule has 1 unspecified atom stereocenters. The zero-order valence-corrected chi connectivity index (χ0v) is 28.3. The molecule has 0 fully saturated rings. The first-order valence-corrected chi connectivity index (χ1v) is 18.5. The van der Waals surface area contributed by atoms with Crippen molar-refractivity contribution in [1.82, 2.24) is 0 Å². The Morgan fingerprint density at radius 3 is 1.36 bits per heavy atom. The Bertz CT molecular complexity index is 722. The number of hydrogen-bond acceptors (Lipinski definition) is 2. The first-order valence-electron chi connectivity index (χ1n) is 18.5. The predicted molar refractivity (Wildman–Crippen MR) is 185 cm³/mol. The smallest absolute Gasteiger partial charge is 0.293 e. The molecular weight excluding hydrogens is 512 g/mol. The van der Waals surface area contributed by atoms with Crippen LogP contribution in [-0.4, -0.2) is 12.6 Å². The van der Waals surface area contributed by atoms with Gasteiger partial charge < -0.3 is 4.74 Å². The van der Waals surface area contributed by atoms with Gasteiger partial charge >= 0.3 is 0 Å².